The zero-order valence-corrected chi connectivity index (χ0v) is 18.8. The van der Waals surface area contributed by atoms with Gasteiger partial charge in [-0.25, -0.2) is 4.98 Å². The second kappa shape index (κ2) is 10.1. The van der Waals surface area contributed by atoms with E-state index in [4.69, 9.17) is 0 Å². The van der Waals surface area contributed by atoms with Crippen molar-refractivity contribution in [3.05, 3.63) is 65.5 Å². The van der Waals surface area contributed by atoms with Gasteiger partial charge in [-0.3, -0.25) is 25.2 Å². The standard InChI is InChI=1S/C24H29N5O3/c1-15(2)13-19(26-23(31)17-10-6-5-9-16(17)3)24(32)28-27-22(30)14-21-25-18-11-7-8-12-20(18)29(21)4/h5-12,15,19H,13-14H2,1-4H3,(H,26,31)(H,27,30)(H,28,32)/t19-/m0/s1. The Morgan fingerprint density at radius 2 is 1.69 bits per heavy atom. The van der Waals surface area contributed by atoms with E-state index in [1.165, 1.54) is 0 Å². The molecule has 3 aromatic rings. The van der Waals surface area contributed by atoms with Crippen LogP contribution in [0.5, 0.6) is 0 Å². The molecule has 0 aliphatic rings. The van der Waals surface area contributed by atoms with Gasteiger partial charge in [0.25, 0.3) is 11.8 Å². The summed E-state index contributed by atoms with van der Waals surface area (Å²) in [6.07, 6.45) is 0.444. The molecule has 0 fully saturated rings. The number of carbonyl (C=O) groups excluding carboxylic acids is 3. The third-order valence-electron chi connectivity index (χ3n) is 5.24. The molecule has 32 heavy (non-hydrogen) atoms. The van der Waals surface area contributed by atoms with Crippen LogP contribution in [0.1, 0.15) is 42.0 Å². The van der Waals surface area contributed by atoms with Crippen LogP contribution in [0.2, 0.25) is 0 Å². The molecule has 8 heteroatoms. The number of rotatable bonds is 7. The van der Waals surface area contributed by atoms with Crippen LogP contribution in [0.15, 0.2) is 48.5 Å². The summed E-state index contributed by atoms with van der Waals surface area (Å²) in [5.41, 5.74) is 7.95. The Morgan fingerprint density at radius 3 is 2.38 bits per heavy atom. The predicted octanol–water partition coefficient (Wildman–Crippen LogP) is 2.42. The Labute approximate surface area is 187 Å². The van der Waals surface area contributed by atoms with Gasteiger partial charge in [0.05, 0.1) is 17.5 Å². The molecule has 0 spiro atoms. The molecule has 1 atom stereocenters. The van der Waals surface area contributed by atoms with Gasteiger partial charge in [-0.2, -0.15) is 0 Å². The fraction of sp³-hybridized carbons (Fsp3) is 0.333. The highest BCUT2D eigenvalue weighted by atomic mass is 16.2. The molecule has 0 bridgehead atoms. The van der Waals surface area contributed by atoms with Gasteiger partial charge in [-0.1, -0.05) is 44.2 Å². The Bertz CT molecular complexity index is 1140. The highest BCUT2D eigenvalue weighted by molar-refractivity contribution is 5.98. The maximum atomic E-state index is 12.7. The third-order valence-corrected chi connectivity index (χ3v) is 5.24. The van der Waals surface area contributed by atoms with Crippen molar-refractivity contribution in [3.63, 3.8) is 0 Å². The summed E-state index contributed by atoms with van der Waals surface area (Å²) < 4.78 is 1.85. The van der Waals surface area contributed by atoms with E-state index in [1.807, 2.05) is 68.8 Å². The minimum absolute atomic E-state index is 0.00980. The van der Waals surface area contributed by atoms with E-state index in [9.17, 15) is 14.4 Å². The molecule has 0 aliphatic heterocycles. The lowest BCUT2D eigenvalue weighted by molar-refractivity contribution is -0.129. The summed E-state index contributed by atoms with van der Waals surface area (Å²) in [6.45, 7) is 5.77. The van der Waals surface area contributed by atoms with Crippen LogP contribution in [0.4, 0.5) is 0 Å². The molecule has 8 nitrogen and oxygen atoms in total. The van der Waals surface area contributed by atoms with E-state index in [0.717, 1.165) is 16.6 Å². The van der Waals surface area contributed by atoms with Crippen LogP contribution >= 0.6 is 0 Å². The number of nitrogens with zero attached hydrogens (tertiary/aromatic N) is 2. The lowest BCUT2D eigenvalue weighted by Crippen LogP contribution is -2.53. The van der Waals surface area contributed by atoms with Gasteiger partial charge >= 0.3 is 0 Å². The number of imidazole rings is 1. The van der Waals surface area contributed by atoms with Gasteiger partial charge in [0.2, 0.25) is 5.91 Å². The first-order chi connectivity index (χ1) is 15.3. The Balaban J connectivity index is 1.61. The molecule has 3 rings (SSSR count). The number of hydrogen-bond donors (Lipinski definition) is 3. The van der Waals surface area contributed by atoms with Gasteiger partial charge in [0, 0.05) is 12.6 Å². The molecule has 2 aromatic carbocycles. The Morgan fingerprint density at radius 1 is 1.00 bits per heavy atom. The number of hydrazine groups is 1. The van der Waals surface area contributed by atoms with Crippen LogP contribution in [-0.4, -0.2) is 33.3 Å². The molecule has 0 radical (unpaired) electrons. The van der Waals surface area contributed by atoms with E-state index in [1.54, 1.807) is 12.1 Å². The fourth-order valence-corrected chi connectivity index (χ4v) is 3.53. The predicted molar refractivity (Wildman–Crippen MR) is 123 cm³/mol. The average molecular weight is 436 g/mol. The molecular weight excluding hydrogens is 406 g/mol. The van der Waals surface area contributed by atoms with Gasteiger partial charge in [-0.05, 0) is 43.0 Å². The highest BCUT2D eigenvalue weighted by Gasteiger charge is 2.24. The van der Waals surface area contributed by atoms with Crippen molar-refractivity contribution in [2.24, 2.45) is 13.0 Å². The van der Waals surface area contributed by atoms with Crippen LogP contribution < -0.4 is 16.2 Å². The summed E-state index contributed by atoms with van der Waals surface area (Å²) >= 11 is 0. The highest BCUT2D eigenvalue weighted by Crippen LogP contribution is 2.14. The lowest BCUT2D eigenvalue weighted by atomic mass is 10.0. The molecule has 1 aromatic heterocycles. The maximum absolute atomic E-state index is 12.7. The second-order valence-electron chi connectivity index (χ2n) is 8.26. The minimum atomic E-state index is -0.779. The Kier molecular flexibility index (Phi) is 7.25. The zero-order chi connectivity index (χ0) is 23.3. The van der Waals surface area contributed by atoms with E-state index in [0.29, 0.717) is 17.8 Å². The SMILES string of the molecule is Cc1ccccc1C(=O)N[C@@H](CC(C)C)C(=O)NNC(=O)Cc1nc2ccccc2n1C. The minimum Gasteiger partial charge on any atom is -0.340 e. The van der Waals surface area contributed by atoms with Crippen LogP contribution in [0.25, 0.3) is 11.0 Å². The summed E-state index contributed by atoms with van der Waals surface area (Å²) in [5.74, 6) is -0.442. The van der Waals surface area contributed by atoms with Crippen LogP contribution in [0, 0.1) is 12.8 Å². The number of hydrogen-bond acceptors (Lipinski definition) is 4. The van der Waals surface area contributed by atoms with Crippen LogP contribution in [0.3, 0.4) is 0 Å². The first-order valence-corrected chi connectivity index (χ1v) is 10.6. The first-order valence-electron chi connectivity index (χ1n) is 10.6. The quantitative estimate of drug-likeness (QED) is 0.496. The van der Waals surface area contributed by atoms with Crippen molar-refractivity contribution in [1.82, 2.24) is 25.7 Å². The van der Waals surface area contributed by atoms with Crippen molar-refractivity contribution < 1.29 is 14.4 Å². The fourth-order valence-electron chi connectivity index (χ4n) is 3.53. The number of benzene rings is 2. The van der Waals surface area contributed by atoms with Crippen molar-refractivity contribution in [3.8, 4) is 0 Å². The van der Waals surface area contributed by atoms with Crippen LogP contribution in [-0.2, 0) is 23.1 Å². The summed E-state index contributed by atoms with van der Waals surface area (Å²) in [6, 6.07) is 14.0. The van der Waals surface area contributed by atoms with Crippen molar-refractivity contribution in [1.29, 1.82) is 0 Å². The molecule has 0 aliphatic carbocycles. The van der Waals surface area contributed by atoms with Crippen molar-refractivity contribution in [2.75, 3.05) is 0 Å². The number of nitrogens with one attached hydrogen (secondary N) is 3. The number of carbonyl (C=O) groups is 3. The third kappa shape index (κ3) is 5.51. The van der Waals surface area contributed by atoms with Gasteiger partial charge in [0.1, 0.15) is 11.9 Å². The monoisotopic (exact) mass is 435 g/mol. The normalized spacial score (nSPS) is 11.9. The molecule has 3 N–H and O–H groups in total. The number of amides is 3. The van der Waals surface area contributed by atoms with Gasteiger partial charge < -0.3 is 9.88 Å². The van der Waals surface area contributed by atoms with E-state index in [-0.39, 0.29) is 18.2 Å². The molecule has 0 saturated heterocycles. The van der Waals surface area contributed by atoms with Gasteiger partial charge in [-0.15, -0.1) is 0 Å². The maximum Gasteiger partial charge on any atom is 0.260 e. The molecule has 0 unspecified atom stereocenters. The molecule has 168 valence electrons. The number of para-hydroxylation sites is 2. The van der Waals surface area contributed by atoms with Crippen molar-refractivity contribution in [2.45, 2.75) is 39.7 Å². The average Bonchev–Trinajstić information content (AvgIpc) is 3.07. The molecule has 3 amide bonds. The number of fused-ring (bicyclic) bond motifs is 1. The number of aromatic nitrogens is 2. The Hall–Kier alpha value is -3.68. The van der Waals surface area contributed by atoms with E-state index < -0.39 is 17.9 Å². The van der Waals surface area contributed by atoms with E-state index >= 15 is 0 Å². The lowest BCUT2D eigenvalue weighted by Gasteiger charge is -2.21. The van der Waals surface area contributed by atoms with Crippen molar-refractivity contribution >= 4 is 28.8 Å². The molecular formula is C24H29N5O3. The van der Waals surface area contributed by atoms with Gasteiger partial charge in [0.15, 0.2) is 0 Å². The largest absolute Gasteiger partial charge is 0.340 e. The van der Waals surface area contributed by atoms with E-state index in [2.05, 4.69) is 21.2 Å². The second-order valence-corrected chi connectivity index (χ2v) is 8.26. The summed E-state index contributed by atoms with van der Waals surface area (Å²) in [4.78, 5) is 42.3. The first kappa shape index (κ1) is 23.0. The summed E-state index contributed by atoms with van der Waals surface area (Å²) in [5, 5.41) is 2.79. The smallest absolute Gasteiger partial charge is 0.260 e. The molecule has 1 heterocycles. The topological polar surface area (TPSA) is 105 Å². The zero-order valence-electron chi connectivity index (χ0n) is 18.8. The molecule has 0 saturated carbocycles. The summed E-state index contributed by atoms with van der Waals surface area (Å²) in [7, 11) is 1.84. The number of aryl methyl sites for hydroxylation is 2.